The molecule has 0 aliphatic carbocycles. The smallest absolute Gasteiger partial charge is 0.125 e. The number of aromatic amines is 1. The van der Waals surface area contributed by atoms with Crippen LogP contribution in [0.4, 0.5) is 4.39 Å². The summed E-state index contributed by atoms with van der Waals surface area (Å²) in [7, 11) is 0. The minimum atomic E-state index is -0.295. The Kier molecular flexibility index (Phi) is 2.09. The molecule has 2 aliphatic heterocycles. The highest BCUT2D eigenvalue weighted by atomic mass is 35.5. The predicted octanol–water partition coefficient (Wildman–Crippen LogP) is 4.61. The summed E-state index contributed by atoms with van der Waals surface area (Å²) in [5.41, 5.74) is 3.08. The van der Waals surface area contributed by atoms with E-state index < -0.39 is 0 Å². The molecule has 0 fully saturated rings. The highest BCUT2D eigenvalue weighted by molar-refractivity contribution is 6.38. The number of pyridine rings is 1. The molecule has 0 atom stereocenters. The van der Waals surface area contributed by atoms with E-state index in [4.69, 9.17) is 11.6 Å². The molecule has 2 aromatic carbocycles. The summed E-state index contributed by atoms with van der Waals surface area (Å²) < 4.78 is 13.3. The molecule has 92 valence electrons. The Labute approximate surface area is 113 Å². The first-order valence-corrected chi connectivity index (χ1v) is 6.27. The van der Waals surface area contributed by atoms with Crippen LogP contribution in [-0.4, -0.2) is 9.97 Å². The number of nitrogens with zero attached hydrogens (tertiary/aromatic N) is 1. The molecule has 0 spiro atoms. The lowest BCUT2D eigenvalue weighted by Gasteiger charge is -2.06. The lowest BCUT2D eigenvalue weighted by Crippen LogP contribution is -1.87. The molecule has 2 aromatic rings. The summed E-state index contributed by atoms with van der Waals surface area (Å²) in [5, 5.41) is 2.39. The van der Waals surface area contributed by atoms with E-state index in [1.54, 1.807) is 6.07 Å². The van der Waals surface area contributed by atoms with E-state index in [9.17, 15) is 4.39 Å². The van der Waals surface area contributed by atoms with Gasteiger partial charge in [-0.3, -0.25) is 0 Å². The van der Waals surface area contributed by atoms with Crippen LogP contribution in [0.5, 0.6) is 0 Å². The molecule has 4 heteroatoms. The van der Waals surface area contributed by atoms with Crippen molar-refractivity contribution < 1.29 is 4.39 Å². The number of benzene rings is 2. The summed E-state index contributed by atoms with van der Waals surface area (Å²) in [4.78, 5) is 7.75. The van der Waals surface area contributed by atoms with Gasteiger partial charge in [0.25, 0.3) is 0 Å². The van der Waals surface area contributed by atoms with Gasteiger partial charge in [0.2, 0.25) is 0 Å². The van der Waals surface area contributed by atoms with Crippen LogP contribution in [-0.2, 0) is 0 Å². The maximum atomic E-state index is 13.3. The van der Waals surface area contributed by atoms with Crippen LogP contribution in [0.1, 0.15) is 0 Å². The molecule has 0 bridgehead atoms. The van der Waals surface area contributed by atoms with Gasteiger partial charge in [-0.2, -0.15) is 0 Å². The van der Waals surface area contributed by atoms with Crippen molar-refractivity contribution in [1.82, 2.24) is 9.97 Å². The van der Waals surface area contributed by atoms with Crippen molar-refractivity contribution in [3.05, 3.63) is 53.3 Å². The Morgan fingerprint density at radius 1 is 1.05 bits per heavy atom. The molecule has 0 saturated carbocycles. The van der Waals surface area contributed by atoms with E-state index in [2.05, 4.69) is 9.97 Å². The maximum absolute atomic E-state index is 13.3. The van der Waals surface area contributed by atoms with Gasteiger partial charge in [0.05, 0.1) is 16.2 Å². The Balaban J connectivity index is 2.25. The van der Waals surface area contributed by atoms with Crippen LogP contribution in [0.25, 0.3) is 33.2 Å². The molecule has 2 heterocycles. The third-order valence-electron chi connectivity index (χ3n) is 3.33. The minimum absolute atomic E-state index is 0.295. The molecule has 0 unspecified atom stereocenters. The lowest BCUT2D eigenvalue weighted by molar-refractivity contribution is 0.629. The standard InChI is InChI=1S/C15H8ClFN2/c16-13-9-3-1-2-4-11(9)18-14-10-6-5-8(17)7-12(10)19-15(13)14/h1-7,18H. The van der Waals surface area contributed by atoms with E-state index in [-0.39, 0.29) is 5.82 Å². The molecule has 0 radical (unpaired) electrons. The zero-order valence-corrected chi connectivity index (χ0v) is 10.5. The zero-order chi connectivity index (χ0) is 13.0. The maximum Gasteiger partial charge on any atom is 0.125 e. The minimum Gasteiger partial charge on any atom is -0.353 e. The first-order valence-electron chi connectivity index (χ1n) is 5.89. The quantitative estimate of drug-likeness (QED) is 0.496. The Bertz CT molecular complexity index is 897. The van der Waals surface area contributed by atoms with Crippen LogP contribution in [0.2, 0.25) is 5.02 Å². The van der Waals surface area contributed by atoms with Crippen molar-refractivity contribution in [2.75, 3.05) is 0 Å². The first kappa shape index (κ1) is 10.8. The molecule has 2 nitrogen and oxygen atoms in total. The second-order valence-electron chi connectivity index (χ2n) is 4.48. The lowest BCUT2D eigenvalue weighted by atomic mass is 10.1. The van der Waals surface area contributed by atoms with E-state index in [1.807, 2.05) is 24.3 Å². The number of hydrogen-bond acceptors (Lipinski definition) is 1. The van der Waals surface area contributed by atoms with E-state index in [0.29, 0.717) is 16.2 Å². The van der Waals surface area contributed by atoms with Crippen molar-refractivity contribution in [1.29, 1.82) is 0 Å². The van der Waals surface area contributed by atoms with Gasteiger partial charge in [0.15, 0.2) is 0 Å². The van der Waals surface area contributed by atoms with Gasteiger partial charge in [-0.15, -0.1) is 0 Å². The van der Waals surface area contributed by atoms with E-state index >= 15 is 0 Å². The Hall–Kier alpha value is -2.13. The van der Waals surface area contributed by atoms with Crippen LogP contribution in [0, 0.1) is 5.82 Å². The number of fused-ring (bicyclic) bond motifs is 4. The average molecular weight is 271 g/mol. The summed E-state index contributed by atoms with van der Waals surface area (Å²) in [5.74, 6) is -0.295. The summed E-state index contributed by atoms with van der Waals surface area (Å²) in [6.45, 7) is 0. The molecular weight excluding hydrogens is 263 g/mol. The van der Waals surface area contributed by atoms with Crippen LogP contribution < -0.4 is 0 Å². The number of aromatic nitrogens is 2. The highest BCUT2D eigenvalue weighted by Crippen LogP contribution is 2.38. The number of halogens is 2. The van der Waals surface area contributed by atoms with Gasteiger partial charge in [0.1, 0.15) is 11.5 Å². The molecule has 0 amide bonds. The summed E-state index contributed by atoms with van der Waals surface area (Å²) >= 11 is 6.41. The van der Waals surface area contributed by atoms with E-state index in [0.717, 1.165) is 22.0 Å². The van der Waals surface area contributed by atoms with Crippen molar-refractivity contribution in [3.63, 3.8) is 0 Å². The molecule has 2 aliphatic rings. The summed E-state index contributed by atoms with van der Waals surface area (Å²) in [6, 6.07) is 12.3. The van der Waals surface area contributed by atoms with Gasteiger partial charge in [-0.1, -0.05) is 29.8 Å². The van der Waals surface area contributed by atoms with Crippen LogP contribution >= 0.6 is 11.6 Å². The second-order valence-corrected chi connectivity index (χ2v) is 4.86. The van der Waals surface area contributed by atoms with Gasteiger partial charge in [0, 0.05) is 22.4 Å². The molecule has 0 aromatic heterocycles. The average Bonchev–Trinajstić information content (AvgIpc) is 2.77. The zero-order valence-electron chi connectivity index (χ0n) is 9.74. The van der Waals surface area contributed by atoms with Crippen molar-refractivity contribution in [3.8, 4) is 11.4 Å². The van der Waals surface area contributed by atoms with Crippen molar-refractivity contribution in [2.45, 2.75) is 0 Å². The topological polar surface area (TPSA) is 28.7 Å². The number of rotatable bonds is 0. The van der Waals surface area contributed by atoms with Crippen molar-refractivity contribution in [2.24, 2.45) is 0 Å². The van der Waals surface area contributed by atoms with Gasteiger partial charge in [-0.05, 0) is 18.2 Å². The normalized spacial score (nSPS) is 11.7. The number of nitrogens with one attached hydrogen (secondary N) is 1. The second kappa shape index (κ2) is 3.68. The first-order chi connectivity index (χ1) is 9.24. The number of hydrogen-bond donors (Lipinski definition) is 1. The number of para-hydroxylation sites is 1. The largest absolute Gasteiger partial charge is 0.353 e. The Morgan fingerprint density at radius 3 is 2.79 bits per heavy atom. The number of H-pyrrole nitrogens is 1. The van der Waals surface area contributed by atoms with Gasteiger partial charge in [-0.25, -0.2) is 9.37 Å². The molecule has 19 heavy (non-hydrogen) atoms. The van der Waals surface area contributed by atoms with Crippen molar-refractivity contribution >= 4 is 33.4 Å². The third-order valence-corrected chi connectivity index (χ3v) is 3.71. The fourth-order valence-electron chi connectivity index (χ4n) is 2.44. The Morgan fingerprint density at radius 2 is 1.89 bits per heavy atom. The predicted molar refractivity (Wildman–Crippen MR) is 75.2 cm³/mol. The SMILES string of the molecule is Fc1ccc2c3[nH]c4ccccc4c(Cl)c-3nc2c1. The van der Waals surface area contributed by atoms with Gasteiger partial charge < -0.3 is 4.98 Å². The molecular formula is C15H8ClFN2. The molecule has 4 rings (SSSR count). The highest BCUT2D eigenvalue weighted by Gasteiger charge is 2.18. The third kappa shape index (κ3) is 1.45. The molecule has 1 N–H and O–H groups in total. The van der Waals surface area contributed by atoms with Gasteiger partial charge >= 0.3 is 0 Å². The van der Waals surface area contributed by atoms with Crippen LogP contribution in [0.3, 0.4) is 0 Å². The molecule has 0 saturated heterocycles. The summed E-state index contributed by atoms with van der Waals surface area (Å²) in [6.07, 6.45) is 0. The fraction of sp³-hybridized carbons (Fsp3) is 0. The van der Waals surface area contributed by atoms with E-state index in [1.165, 1.54) is 12.1 Å². The fourth-order valence-corrected chi connectivity index (χ4v) is 2.75. The monoisotopic (exact) mass is 270 g/mol. The van der Waals surface area contributed by atoms with Crippen LogP contribution in [0.15, 0.2) is 42.5 Å².